The zero-order valence-electron chi connectivity index (χ0n) is 15.8. The van der Waals surface area contributed by atoms with Crippen LogP contribution in [0.3, 0.4) is 0 Å². The molecule has 0 aliphatic rings. The fourth-order valence-electron chi connectivity index (χ4n) is 2.37. The van der Waals surface area contributed by atoms with Gasteiger partial charge in [0.2, 0.25) is 11.8 Å². The normalized spacial score (nSPS) is 12.5. The van der Waals surface area contributed by atoms with Gasteiger partial charge in [0.1, 0.15) is 12.7 Å². The molecule has 1 aromatic heterocycles. The van der Waals surface area contributed by atoms with Crippen LogP contribution in [0.5, 0.6) is 0 Å². The van der Waals surface area contributed by atoms with Gasteiger partial charge < -0.3 is 10.6 Å². The van der Waals surface area contributed by atoms with Gasteiger partial charge in [-0.25, -0.2) is 9.67 Å². The summed E-state index contributed by atoms with van der Waals surface area (Å²) in [6, 6.07) is 7.72. The summed E-state index contributed by atoms with van der Waals surface area (Å²) in [5.74, 6) is -0.0263. The van der Waals surface area contributed by atoms with Gasteiger partial charge in [-0.05, 0) is 31.0 Å². The Morgan fingerprint density at radius 3 is 2.46 bits per heavy atom. The lowest BCUT2D eigenvalue weighted by Crippen LogP contribution is -2.36. The molecule has 1 heterocycles. The highest BCUT2D eigenvalue weighted by atomic mass is 16.2. The van der Waals surface area contributed by atoms with Gasteiger partial charge in [-0.3, -0.25) is 9.59 Å². The van der Waals surface area contributed by atoms with E-state index in [4.69, 9.17) is 0 Å². The number of rotatable bonds is 7. The predicted molar refractivity (Wildman–Crippen MR) is 99.6 cm³/mol. The molecule has 2 amide bonds. The molecule has 2 aromatic rings. The van der Waals surface area contributed by atoms with Gasteiger partial charge in [-0.15, -0.1) is 0 Å². The maximum Gasteiger partial charge on any atom is 0.225 e. The van der Waals surface area contributed by atoms with E-state index in [1.54, 1.807) is 11.0 Å². The Bertz CT molecular complexity index is 717. The van der Waals surface area contributed by atoms with Crippen LogP contribution in [0.2, 0.25) is 0 Å². The Morgan fingerprint density at radius 1 is 1.19 bits per heavy atom. The summed E-state index contributed by atoms with van der Waals surface area (Å²) in [4.78, 5) is 27.8. The molecule has 2 N–H and O–H groups in total. The van der Waals surface area contributed by atoms with Crippen LogP contribution in [0.25, 0.3) is 5.69 Å². The minimum absolute atomic E-state index is 0.00116. The second-order valence-electron chi connectivity index (χ2n) is 7.33. The Kier molecular flexibility index (Phi) is 6.49. The molecular formula is C19H27N5O2. The van der Waals surface area contributed by atoms with E-state index >= 15 is 0 Å². The second kappa shape index (κ2) is 8.60. The summed E-state index contributed by atoms with van der Waals surface area (Å²) in [6.45, 7) is 8.05. The molecule has 7 nitrogen and oxygen atoms in total. The lowest BCUT2D eigenvalue weighted by atomic mass is 9.96. The molecule has 0 saturated carbocycles. The topological polar surface area (TPSA) is 88.9 Å². The van der Waals surface area contributed by atoms with E-state index < -0.39 is 5.41 Å². The molecule has 0 bridgehead atoms. The number of hydrogen-bond donors (Lipinski definition) is 2. The first-order valence-corrected chi connectivity index (χ1v) is 8.80. The van der Waals surface area contributed by atoms with Gasteiger partial charge in [-0.1, -0.05) is 32.9 Å². The van der Waals surface area contributed by atoms with Crippen molar-refractivity contribution in [2.75, 3.05) is 6.54 Å². The average Bonchev–Trinajstić information content (AvgIpc) is 3.12. The van der Waals surface area contributed by atoms with E-state index in [9.17, 15) is 9.59 Å². The summed E-state index contributed by atoms with van der Waals surface area (Å²) in [5, 5.41) is 9.92. The molecule has 0 spiro atoms. The van der Waals surface area contributed by atoms with Crippen LogP contribution in [-0.4, -0.2) is 33.1 Å². The second-order valence-corrected chi connectivity index (χ2v) is 7.33. The smallest absolute Gasteiger partial charge is 0.225 e. The maximum absolute atomic E-state index is 12.1. The van der Waals surface area contributed by atoms with Gasteiger partial charge >= 0.3 is 0 Å². The number of carbonyl (C=O) groups is 2. The standard InChI is InChI=1S/C19H27N5O2/c1-14(15-7-9-16(10-8-15)24-13-20-12-22-24)23-17(25)6-5-11-21-18(26)19(2,3)4/h7-10,12-14H,5-6,11H2,1-4H3,(H,21,26)(H,23,25). The largest absolute Gasteiger partial charge is 0.356 e. The molecule has 0 saturated heterocycles. The fraction of sp³-hybridized carbons (Fsp3) is 0.474. The minimum Gasteiger partial charge on any atom is -0.356 e. The van der Waals surface area contributed by atoms with Crippen molar-refractivity contribution in [3.05, 3.63) is 42.5 Å². The van der Waals surface area contributed by atoms with Crippen molar-refractivity contribution >= 4 is 11.8 Å². The summed E-state index contributed by atoms with van der Waals surface area (Å²) < 4.78 is 1.68. The quantitative estimate of drug-likeness (QED) is 0.745. The SMILES string of the molecule is CC(NC(=O)CCCNC(=O)C(C)(C)C)c1ccc(-n2cncn2)cc1. The highest BCUT2D eigenvalue weighted by Gasteiger charge is 2.20. The summed E-state index contributed by atoms with van der Waals surface area (Å²) in [5.41, 5.74) is 1.53. The molecule has 1 unspecified atom stereocenters. The first kappa shape index (κ1) is 19.6. The number of amides is 2. The Hall–Kier alpha value is -2.70. The third-order valence-corrected chi connectivity index (χ3v) is 4.00. The van der Waals surface area contributed by atoms with Crippen molar-refractivity contribution in [1.82, 2.24) is 25.4 Å². The zero-order valence-corrected chi connectivity index (χ0v) is 15.8. The lowest BCUT2D eigenvalue weighted by Gasteiger charge is -2.18. The van der Waals surface area contributed by atoms with Crippen molar-refractivity contribution in [3.8, 4) is 5.69 Å². The lowest BCUT2D eigenvalue weighted by molar-refractivity contribution is -0.128. The molecule has 0 aliphatic carbocycles. The van der Waals surface area contributed by atoms with Crippen LogP contribution in [0.4, 0.5) is 0 Å². The molecule has 2 rings (SSSR count). The van der Waals surface area contributed by atoms with Gasteiger partial charge in [0.25, 0.3) is 0 Å². The van der Waals surface area contributed by atoms with E-state index in [1.807, 2.05) is 52.0 Å². The number of benzene rings is 1. The number of aromatic nitrogens is 3. The Morgan fingerprint density at radius 2 is 1.88 bits per heavy atom. The van der Waals surface area contributed by atoms with Crippen LogP contribution in [0, 0.1) is 5.41 Å². The third kappa shape index (κ3) is 5.68. The van der Waals surface area contributed by atoms with Crippen LogP contribution in [0.15, 0.2) is 36.9 Å². The van der Waals surface area contributed by atoms with Crippen molar-refractivity contribution < 1.29 is 9.59 Å². The van der Waals surface area contributed by atoms with Gasteiger partial charge in [0.05, 0.1) is 11.7 Å². The molecular weight excluding hydrogens is 330 g/mol. The summed E-state index contributed by atoms with van der Waals surface area (Å²) >= 11 is 0. The van der Waals surface area contributed by atoms with Crippen LogP contribution in [-0.2, 0) is 9.59 Å². The third-order valence-electron chi connectivity index (χ3n) is 4.00. The number of carbonyl (C=O) groups excluding carboxylic acids is 2. The monoisotopic (exact) mass is 357 g/mol. The van der Waals surface area contributed by atoms with Gasteiger partial charge in [-0.2, -0.15) is 5.10 Å². The highest BCUT2D eigenvalue weighted by Crippen LogP contribution is 2.15. The number of nitrogens with zero attached hydrogens (tertiary/aromatic N) is 3. The summed E-state index contributed by atoms with van der Waals surface area (Å²) in [6.07, 6.45) is 4.12. The molecule has 26 heavy (non-hydrogen) atoms. The molecule has 1 aromatic carbocycles. The number of nitrogens with one attached hydrogen (secondary N) is 2. The van der Waals surface area contributed by atoms with Crippen LogP contribution < -0.4 is 10.6 Å². The minimum atomic E-state index is -0.408. The van der Waals surface area contributed by atoms with Crippen molar-refractivity contribution in [3.63, 3.8) is 0 Å². The van der Waals surface area contributed by atoms with Gasteiger partial charge in [0, 0.05) is 18.4 Å². The average molecular weight is 357 g/mol. The van der Waals surface area contributed by atoms with E-state index in [0.29, 0.717) is 19.4 Å². The van der Waals surface area contributed by atoms with Gasteiger partial charge in [0.15, 0.2) is 0 Å². The van der Waals surface area contributed by atoms with Crippen molar-refractivity contribution in [1.29, 1.82) is 0 Å². The molecule has 140 valence electrons. The van der Waals surface area contributed by atoms with E-state index in [-0.39, 0.29) is 17.9 Å². The molecule has 0 fully saturated rings. The molecule has 0 aliphatic heterocycles. The van der Waals surface area contributed by atoms with E-state index in [0.717, 1.165) is 11.3 Å². The fourth-order valence-corrected chi connectivity index (χ4v) is 2.37. The maximum atomic E-state index is 12.1. The first-order chi connectivity index (χ1) is 12.3. The van der Waals surface area contributed by atoms with Crippen molar-refractivity contribution in [2.45, 2.75) is 46.6 Å². The predicted octanol–water partition coefficient (Wildman–Crippen LogP) is 2.39. The van der Waals surface area contributed by atoms with Crippen LogP contribution in [0.1, 0.15) is 52.1 Å². The zero-order chi connectivity index (χ0) is 19.2. The molecule has 1 atom stereocenters. The Balaban J connectivity index is 1.75. The first-order valence-electron chi connectivity index (χ1n) is 8.80. The Labute approximate surface area is 154 Å². The van der Waals surface area contributed by atoms with Crippen molar-refractivity contribution in [2.24, 2.45) is 5.41 Å². The van der Waals surface area contributed by atoms with Crippen LogP contribution >= 0.6 is 0 Å². The molecule has 7 heteroatoms. The highest BCUT2D eigenvalue weighted by molar-refractivity contribution is 5.81. The van der Waals surface area contributed by atoms with E-state index in [2.05, 4.69) is 20.7 Å². The summed E-state index contributed by atoms with van der Waals surface area (Å²) in [7, 11) is 0. The molecule has 0 radical (unpaired) electrons. The number of hydrogen-bond acceptors (Lipinski definition) is 4. The van der Waals surface area contributed by atoms with E-state index in [1.165, 1.54) is 6.33 Å².